The van der Waals surface area contributed by atoms with Gasteiger partial charge in [-0.05, 0) is 18.9 Å². The van der Waals surface area contributed by atoms with E-state index in [0.29, 0.717) is 6.04 Å². The Morgan fingerprint density at radius 3 is 3.18 bits per heavy atom. The van der Waals surface area contributed by atoms with Gasteiger partial charge in [0.25, 0.3) is 0 Å². The van der Waals surface area contributed by atoms with Crippen molar-refractivity contribution in [2.75, 3.05) is 13.1 Å². The fourth-order valence-corrected chi connectivity index (χ4v) is 2.35. The van der Waals surface area contributed by atoms with Crippen molar-refractivity contribution < 1.29 is 4.52 Å². The molecule has 0 aromatic carbocycles. The van der Waals surface area contributed by atoms with E-state index in [9.17, 15) is 0 Å². The second kappa shape index (κ2) is 4.33. The summed E-state index contributed by atoms with van der Waals surface area (Å²) >= 11 is 0. The first-order valence-electron chi connectivity index (χ1n) is 5.94. The first-order chi connectivity index (χ1) is 8.31. The van der Waals surface area contributed by atoms with Crippen LogP contribution >= 0.6 is 0 Å². The summed E-state index contributed by atoms with van der Waals surface area (Å²) in [5.41, 5.74) is 1.22. The third kappa shape index (κ3) is 2.24. The van der Waals surface area contributed by atoms with E-state index in [1.807, 2.05) is 12.3 Å². The van der Waals surface area contributed by atoms with Crippen LogP contribution in [0.5, 0.6) is 0 Å². The van der Waals surface area contributed by atoms with Gasteiger partial charge in [0, 0.05) is 25.4 Å². The molecule has 0 saturated carbocycles. The minimum absolute atomic E-state index is 0.492. The molecule has 3 rings (SSSR count). The maximum absolute atomic E-state index is 5.13. The van der Waals surface area contributed by atoms with Gasteiger partial charge in [-0.15, -0.1) is 0 Å². The van der Waals surface area contributed by atoms with E-state index < -0.39 is 0 Å². The van der Waals surface area contributed by atoms with Gasteiger partial charge in [0.15, 0.2) is 5.76 Å². The van der Waals surface area contributed by atoms with E-state index in [-0.39, 0.29) is 0 Å². The highest BCUT2D eigenvalue weighted by atomic mass is 16.5. The van der Waals surface area contributed by atoms with Crippen molar-refractivity contribution in [1.82, 2.24) is 19.8 Å². The summed E-state index contributed by atoms with van der Waals surface area (Å²) in [6.45, 7) is 5.04. The summed E-state index contributed by atoms with van der Waals surface area (Å²) in [5, 5.41) is 8.11. The number of rotatable bonds is 3. The molecule has 2 aromatic heterocycles. The highest BCUT2D eigenvalue weighted by Gasteiger charge is 2.24. The van der Waals surface area contributed by atoms with E-state index in [1.54, 1.807) is 6.20 Å². The normalized spacial score (nSPS) is 21.1. The Balaban J connectivity index is 1.62. The zero-order chi connectivity index (χ0) is 11.7. The smallest absolute Gasteiger partial charge is 0.150 e. The maximum Gasteiger partial charge on any atom is 0.150 e. The second-order valence-electron chi connectivity index (χ2n) is 4.65. The minimum atomic E-state index is 0.492. The lowest BCUT2D eigenvalue weighted by atomic mass is 10.3. The maximum atomic E-state index is 5.13. The SMILES string of the molecule is Cc1cnn(C2CCN(Cc3ccno3)C2)c1. The molecule has 3 heterocycles. The zero-order valence-corrected chi connectivity index (χ0v) is 9.91. The Hall–Kier alpha value is -1.62. The van der Waals surface area contributed by atoms with Gasteiger partial charge >= 0.3 is 0 Å². The van der Waals surface area contributed by atoms with Gasteiger partial charge in [0.2, 0.25) is 0 Å². The molecule has 0 radical (unpaired) electrons. The van der Waals surface area contributed by atoms with Crippen LogP contribution < -0.4 is 0 Å². The number of likely N-dealkylation sites (tertiary alicyclic amines) is 1. The Morgan fingerprint density at radius 2 is 2.47 bits per heavy atom. The molecule has 1 unspecified atom stereocenters. The Kier molecular flexibility index (Phi) is 2.68. The summed E-state index contributed by atoms with van der Waals surface area (Å²) in [6, 6.07) is 2.41. The summed E-state index contributed by atoms with van der Waals surface area (Å²) in [7, 11) is 0. The van der Waals surface area contributed by atoms with Crippen molar-refractivity contribution in [3.63, 3.8) is 0 Å². The van der Waals surface area contributed by atoms with Gasteiger partial charge < -0.3 is 4.52 Å². The van der Waals surface area contributed by atoms with Crippen LogP contribution in [0.25, 0.3) is 0 Å². The van der Waals surface area contributed by atoms with Crippen molar-refractivity contribution >= 4 is 0 Å². The Morgan fingerprint density at radius 1 is 1.53 bits per heavy atom. The molecule has 5 heteroatoms. The minimum Gasteiger partial charge on any atom is -0.360 e. The Bertz CT molecular complexity index is 476. The quantitative estimate of drug-likeness (QED) is 0.807. The highest BCUT2D eigenvalue weighted by molar-refractivity contribution is 5.01. The van der Waals surface area contributed by atoms with E-state index in [2.05, 4.69) is 33.0 Å². The molecule has 0 bridgehead atoms. The predicted molar refractivity (Wildman–Crippen MR) is 62.4 cm³/mol. The van der Waals surface area contributed by atoms with Crippen LogP contribution in [0, 0.1) is 6.92 Å². The molecule has 1 fully saturated rings. The van der Waals surface area contributed by atoms with Crippen molar-refractivity contribution in [1.29, 1.82) is 0 Å². The van der Waals surface area contributed by atoms with Crippen molar-refractivity contribution in [3.05, 3.63) is 36.0 Å². The number of aromatic nitrogens is 3. The predicted octanol–water partition coefficient (Wildman–Crippen LogP) is 1.63. The van der Waals surface area contributed by atoms with Gasteiger partial charge in [-0.1, -0.05) is 5.16 Å². The fourth-order valence-electron chi connectivity index (χ4n) is 2.35. The molecule has 0 aliphatic carbocycles. The van der Waals surface area contributed by atoms with Crippen LogP contribution in [-0.2, 0) is 6.54 Å². The molecule has 1 saturated heterocycles. The van der Waals surface area contributed by atoms with Crippen LogP contribution in [-0.4, -0.2) is 32.9 Å². The average Bonchev–Trinajstić information content (AvgIpc) is 2.99. The van der Waals surface area contributed by atoms with Crippen molar-refractivity contribution in [2.45, 2.75) is 25.9 Å². The van der Waals surface area contributed by atoms with Gasteiger partial charge in [0.1, 0.15) is 0 Å². The number of hydrogen-bond acceptors (Lipinski definition) is 4. The van der Waals surface area contributed by atoms with Gasteiger partial charge in [-0.2, -0.15) is 5.10 Å². The Labute approximate surface area is 100 Å². The molecule has 5 nitrogen and oxygen atoms in total. The number of nitrogens with zero attached hydrogens (tertiary/aromatic N) is 4. The topological polar surface area (TPSA) is 47.1 Å². The summed E-state index contributed by atoms with van der Waals surface area (Å²) in [6.07, 6.45) is 6.87. The number of aryl methyl sites for hydroxylation is 1. The standard InChI is InChI=1S/C12H16N4O/c1-10-6-13-16(7-10)11-3-5-15(8-11)9-12-2-4-14-17-12/h2,4,6-7,11H,3,5,8-9H2,1H3. The van der Waals surface area contributed by atoms with Crippen LogP contribution in [0.15, 0.2) is 29.2 Å². The van der Waals surface area contributed by atoms with Crippen LogP contribution in [0.2, 0.25) is 0 Å². The molecule has 0 N–H and O–H groups in total. The number of hydrogen-bond donors (Lipinski definition) is 0. The molecule has 1 aliphatic heterocycles. The second-order valence-corrected chi connectivity index (χ2v) is 4.65. The van der Waals surface area contributed by atoms with Crippen LogP contribution in [0.1, 0.15) is 23.8 Å². The first-order valence-corrected chi connectivity index (χ1v) is 5.94. The molecule has 1 atom stereocenters. The molecular formula is C12H16N4O. The van der Waals surface area contributed by atoms with E-state index in [4.69, 9.17) is 4.52 Å². The average molecular weight is 232 g/mol. The summed E-state index contributed by atoms with van der Waals surface area (Å²) < 4.78 is 7.21. The lowest BCUT2D eigenvalue weighted by Gasteiger charge is -2.14. The third-order valence-corrected chi connectivity index (χ3v) is 3.22. The largest absolute Gasteiger partial charge is 0.360 e. The molecule has 17 heavy (non-hydrogen) atoms. The molecule has 0 amide bonds. The lowest BCUT2D eigenvalue weighted by molar-refractivity contribution is 0.264. The van der Waals surface area contributed by atoms with E-state index in [1.165, 1.54) is 5.56 Å². The highest BCUT2D eigenvalue weighted by Crippen LogP contribution is 2.22. The molecule has 1 aliphatic rings. The fraction of sp³-hybridized carbons (Fsp3) is 0.500. The van der Waals surface area contributed by atoms with E-state index >= 15 is 0 Å². The van der Waals surface area contributed by atoms with Crippen LogP contribution in [0.3, 0.4) is 0 Å². The zero-order valence-electron chi connectivity index (χ0n) is 9.91. The molecule has 2 aromatic rings. The first kappa shape index (κ1) is 10.5. The monoisotopic (exact) mass is 232 g/mol. The molecule has 0 spiro atoms. The van der Waals surface area contributed by atoms with Gasteiger partial charge in [-0.25, -0.2) is 0 Å². The molecule has 90 valence electrons. The van der Waals surface area contributed by atoms with Crippen molar-refractivity contribution in [3.8, 4) is 0 Å². The molecular weight excluding hydrogens is 216 g/mol. The summed E-state index contributed by atoms with van der Waals surface area (Å²) in [4.78, 5) is 2.38. The van der Waals surface area contributed by atoms with E-state index in [0.717, 1.165) is 31.8 Å². The third-order valence-electron chi connectivity index (χ3n) is 3.22. The summed E-state index contributed by atoms with van der Waals surface area (Å²) in [5.74, 6) is 0.933. The van der Waals surface area contributed by atoms with Gasteiger partial charge in [0.05, 0.1) is 25.0 Å². The van der Waals surface area contributed by atoms with Crippen LogP contribution in [0.4, 0.5) is 0 Å². The lowest BCUT2D eigenvalue weighted by Crippen LogP contribution is -2.21. The van der Waals surface area contributed by atoms with Gasteiger partial charge in [-0.3, -0.25) is 9.58 Å². The van der Waals surface area contributed by atoms with Crippen molar-refractivity contribution in [2.24, 2.45) is 0 Å².